The summed E-state index contributed by atoms with van der Waals surface area (Å²) in [6.45, 7) is 7.71. The Labute approximate surface area is 167 Å². The van der Waals surface area contributed by atoms with Gasteiger partial charge in [0.2, 0.25) is 0 Å². The Kier molecular flexibility index (Phi) is 6.04. The molecule has 27 heavy (non-hydrogen) atoms. The number of nitrogens with zero attached hydrogens (tertiary/aromatic N) is 1. The van der Waals surface area contributed by atoms with Crippen LogP contribution in [0.3, 0.4) is 0 Å². The third-order valence-corrected chi connectivity index (χ3v) is 8.94. The number of carbonyl (C=O) groups is 1. The average molecular weight is 414 g/mol. The zero-order chi connectivity index (χ0) is 19.8. The second-order valence-electron chi connectivity index (χ2n) is 8.91. The van der Waals surface area contributed by atoms with Crippen LogP contribution in [0.4, 0.5) is 0 Å². The van der Waals surface area contributed by atoms with Crippen molar-refractivity contribution in [2.24, 2.45) is 11.3 Å². The number of sulfone groups is 1. The molecule has 1 aromatic heterocycles. The standard InChI is InChI=1S/C20H31NO4S2/c1-20(2,3)15-5-6-17-14(11-15)12-18(26-17)19(22)21(8-9-25-4)16-7-10-27(23,24)13-16/h12,15-16H,5-11,13H2,1-4H3. The van der Waals surface area contributed by atoms with Gasteiger partial charge in [0.25, 0.3) is 5.91 Å². The van der Waals surface area contributed by atoms with E-state index in [0.29, 0.717) is 25.5 Å². The lowest BCUT2D eigenvalue weighted by Crippen LogP contribution is -2.42. The highest BCUT2D eigenvalue weighted by Gasteiger charge is 2.36. The van der Waals surface area contributed by atoms with Crippen molar-refractivity contribution in [1.82, 2.24) is 4.90 Å². The first-order chi connectivity index (χ1) is 12.6. The molecule has 1 fully saturated rings. The van der Waals surface area contributed by atoms with E-state index in [2.05, 4.69) is 26.8 Å². The van der Waals surface area contributed by atoms with Crippen LogP contribution < -0.4 is 0 Å². The highest BCUT2D eigenvalue weighted by molar-refractivity contribution is 7.91. The SMILES string of the molecule is COCCN(C(=O)c1cc2c(s1)CCC(C(C)(C)C)C2)C1CCS(=O)(=O)C1. The Hall–Kier alpha value is -0.920. The molecule has 1 aromatic rings. The second kappa shape index (κ2) is 7.84. The van der Waals surface area contributed by atoms with Gasteiger partial charge >= 0.3 is 0 Å². The molecule has 0 bridgehead atoms. The van der Waals surface area contributed by atoms with Gasteiger partial charge in [0, 0.05) is 24.6 Å². The van der Waals surface area contributed by atoms with Crippen LogP contribution in [0.2, 0.25) is 0 Å². The van der Waals surface area contributed by atoms with E-state index in [1.54, 1.807) is 23.3 Å². The number of amides is 1. The van der Waals surface area contributed by atoms with E-state index < -0.39 is 9.84 Å². The smallest absolute Gasteiger partial charge is 0.264 e. The maximum Gasteiger partial charge on any atom is 0.264 e. The number of rotatable bonds is 5. The van der Waals surface area contributed by atoms with E-state index in [0.717, 1.165) is 17.7 Å². The molecule has 0 aromatic carbocycles. The number of methoxy groups -OCH3 is 1. The van der Waals surface area contributed by atoms with Crippen LogP contribution in [0.1, 0.15) is 53.7 Å². The van der Waals surface area contributed by atoms with Gasteiger partial charge in [-0.3, -0.25) is 4.79 Å². The first-order valence-corrected chi connectivity index (χ1v) is 12.4. The summed E-state index contributed by atoms with van der Waals surface area (Å²) in [6.07, 6.45) is 3.75. The van der Waals surface area contributed by atoms with E-state index in [9.17, 15) is 13.2 Å². The lowest BCUT2D eigenvalue weighted by atomic mass is 9.72. The molecule has 152 valence electrons. The summed E-state index contributed by atoms with van der Waals surface area (Å²) >= 11 is 1.60. The third kappa shape index (κ3) is 4.74. The van der Waals surface area contributed by atoms with Gasteiger partial charge in [-0.05, 0) is 48.6 Å². The molecule has 2 unspecified atom stereocenters. The van der Waals surface area contributed by atoms with Gasteiger partial charge in [-0.2, -0.15) is 0 Å². The molecule has 0 radical (unpaired) electrons. The summed E-state index contributed by atoms with van der Waals surface area (Å²) in [4.78, 5) is 17.0. The largest absolute Gasteiger partial charge is 0.383 e. The zero-order valence-corrected chi connectivity index (χ0v) is 18.4. The van der Waals surface area contributed by atoms with E-state index in [1.165, 1.54) is 16.9 Å². The number of aryl methyl sites for hydroxylation is 1. The molecule has 2 atom stereocenters. The lowest BCUT2D eigenvalue weighted by molar-refractivity contribution is 0.0629. The summed E-state index contributed by atoms with van der Waals surface area (Å²) in [7, 11) is -1.44. The fourth-order valence-electron chi connectivity index (χ4n) is 4.17. The molecule has 7 heteroatoms. The minimum absolute atomic E-state index is 0.0409. The van der Waals surface area contributed by atoms with Crippen LogP contribution in [0, 0.1) is 11.3 Å². The highest BCUT2D eigenvalue weighted by atomic mass is 32.2. The van der Waals surface area contributed by atoms with Crippen LogP contribution in [0.25, 0.3) is 0 Å². The lowest BCUT2D eigenvalue weighted by Gasteiger charge is -2.33. The van der Waals surface area contributed by atoms with Gasteiger partial charge in [0.1, 0.15) is 0 Å². The topological polar surface area (TPSA) is 63.7 Å². The van der Waals surface area contributed by atoms with Gasteiger partial charge in [-0.25, -0.2) is 8.42 Å². The Bertz CT molecular complexity index is 791. The molecular weight excluding hydrogens is 382 g/mol. The summed E-state index contributed by atoms with van der Waals surface area (Å²) in [5, 5.41) is 0. The molecule has 1 aliphatic carbocycles. The number of carbonyl (C=O) groups excluding carboxylic acids is 1. The number of thiophene rings is 1. The maximum absolute atomic E-state index is 13.2. The van der Waals surface area contributed by atoms with Crippen LogP contribution >= 0.6 is 11.3 Å². The summed E-state index contributed by atoms with van der Waals surface area (Å²) in [6, 6.07) is 1.82. The van der Waals surface area contributed by atoms with Crippen LogP contribution in [-0.4, -0.2) is 57.0 Å². The monoisotopic (exact) mass is 413 g/mol. The number of fused-ring (bicyclic) bond motifs is 1. The van der Waals surface area contributed by atoms with Gasteiger partial charge in [-0.1, -0.05) is 20.8 Å². The molecule has 0 spiro atoms. The molecule has 0 N–H and O–H groups in total. The molecule has 5 nitrogen and oxygen atoms in total. The second-order valence-corrected chi connectivity index (χ2v) is 12.3. The van der Waals surface area contributed by atoms with Crippen molar-refractivity contribution in [3.05, 3.63) is 21.4 Å². The van der Waals surface area contributed by atoms with Crippen LogP contribution in [-0.2, 0) is 27.4 Å². The fraction of sp³-hybridized carbons (Fsp3) is 0.750. The molecule has 1 saturated heterocycles. The Morgan fingerprint density at radius 3 is 2.67 bits per heavy atom. The molecular formula is C20H31NO4S2. The predicted molar refractivity (Wildman–Crippen MR) is 109 cm³/mol. The maximum atomic E-state index is 13.2. The third-order valence-electron chi connectivity index (χ3n) is 5.96. The first-order valence-electron chi connectivity index (χ1n) is 9.72. The number of ether oxygens (including phenoxy) is 1. The Morgan fingerprint density at radius 2 is 2.07 bits per heavy atom. The van der Waals surface area contributed by atoms with Crippen LogP contribution in [0.15, 0.2) is 6.07 Å². The van der Waals surface area contributed by atoms with Crippen molar-refractivity contribution in [2.75, 3.05) is 31.8 Å². The van der Waals surface area contributed by atoms with Gasteiger partial charge in [0.15, 0.2) is 9.84 Å². The van der Waals surface area contributed by atoms with Crippen molar-refractivity contribution < 1.29 is 17.9 Å². The van der Waals surface area contributed by atoms with Crippen LogP contribution in [0.5, 0.6) is 0 Å². The van der Waals surface area contributed by atoms with Gasteiger partial charge in [-0.15, -0.1) is 11.3 Å². The average Bonchev–Trinajstić information content (AvgIpc) is 3.16. The zero-order valence-electron chi connectivity index (χ0n) is 16.8. The van der Waals surface area contributed by atoms with E-state index in [-0.39, 0.29) is 28.9 Å². The van der Waals surface area contributed by atoms with E-state index in [4.69, 9.17) is 4.74 Å². The molecule has 2 aliphatic rings. The fourth-order valence-corrected chi connectivity index (χ4v) is 7.07. The Morgan fingerprint density at radius 1 is 1.33 bits per heavy atom. The number of hydrogen-bond acceptors (Lipinski definition) is 5. The van der Waals surface area contributed by atoms with Gasteiger partial charge < -0.3 is 9.64 Å². The minimum atomic E-state index is -3.04. The van der Waals surface area contributed by atoms with Crippen molar-refractivity contribution in [1.29, 1.82) is 0 Å². The van der Waals surface area contributed by atoms with Crippen molar-refractivity contribution in [3.63, 3.8) is 0 Å². The minimum Gasteiger partial charge on any atom is -0.383 e. The first kappa shape index (κ1) is 20.8. The van der Waals surface area contributed by atoms with E-state index in [1.807, 2.05) is 0 Å². The molecule has 2 heterocycles. The molecule has 3 rings (SSSR count). The van der Waals surface area contributed by atoms with E-state index >= 15 is 0 Å². The summed E-state index contributed by atoms with van der Waals surface area (Å²) in [5.74, 6) is 0.829. The molecule has 1 aliphatic heterocycles. The van der Waals surface area contributed by atoms with Crippen molar-refractivity contribution in [3.8, 4) is 0 Å². The Balaban J connectivity index is 1.80. The van der Waals surface area contributed by atoms with Crippen molar-refractivity contribution >= 4 is 27.1 Å². The highest BCUT2D eigenvalue weighted by Crippen LogP contribution is 2.40. The normalized spacial score (nSPS) is 24.6. The summed E-state index contributed by atoms with van der Waals surface area (Å²) in [5.41, 5.74) is 1.58. The molecule has 1 amide bonds. The number of hydrogen-bond donors (Lipinski definition) is 0. The quantitative estimate of drug-likeness (QED) is 0.744. The van der Waals surface area contributed by atoms with Gasteiger partial charge in [0.05, 0.1) is 23.0 Å². The van der Waals surface area contributed by atoms with Crippen molar-refractivity contribution in [2.45, 2.75) is 52.5 Å². The molecule has 0 saturated carbocycles. The predicted octanol–water partition coefficient (Wildman–Crippen LogP) is 3.17. The summed E-state index contributed by atoms with van der Waals surface area (Å²) < 4.78 is 29.0.